The Morgan fingerprint density at radius 3 is 2.94 bits per heavy atom. The van der Waals surface area contributed by atoms with Gasteiger partial charge in [-0.25, -0.2) is 0 Å². The molecule has 4 heteroatoms. The minimum Gasteiger partial charge on any atom is -0.378 e. The summed E-state index contributed by atoms with van der Waals surface area (Å²) in [6, 6.07) is 8.01. The van der Waals surface area contributed by atoms with Gasteiger partial charge in [-0.2, -0.15) is 0 Å². The number of rotatable bonds is 3. The normalized spacial score (nSPS) is 8.62. The fourth-order valence-electron chi connectivity index (χ4n) is 1.18. The third-order valence-electron chi connectivity index (χ3n) is 2.00. The third-order valence-corrected chi connectivity index (χ3v) is 2.00. The molecule has 0 aliphatic heterocycles. The van der Waals surface area contributed by atoms with Gasteiger partial charge in [-0.1, -0.05) is 23.0 Å². The SMILES string of the molecule is CN(C)c1cccc(C#CCCN=[N+]=[N-])c1. The predicted octanol–water partition coefficient (Wildman–Crippen LogP) is 2.80. The van der Waals surface area contributed by atoms with Crippen LogP contribution in [0.2, 0.25) is 0 Å². The molecule has 0 fully saturated rings. The van der Waals surface area contributed by atoms with Crippen LogP contribution in [0.25, 0.3) is 10.4 Å². The molecular formula is C12H14N4. The summed E-state index contributed by atoms with van der Waals surface area (Å²) < 4.78 is 0. The molecule has 0 bridgehead atoms. The van der Waals surface area contributed by atoms with Crippen LogP contribution in [0.15, 0.2) is 29.4 Å². The highest BCUT2D eigenvalue weighted by atomic mass is 15.1. The molecule has 0 spiro atoms. The highest BCUT2D eigenvalue weighted by molar-refractivity contribution is 5.51. The third kappa shape index (κ3) is 3.95. The Labute approximate surface area is 95.5 Å². The number of nitrogens with zero attached hydrogens (tertiary/aromatic N) is 4. The van der Waals surface area contributed by atoms with Gasteiger partial charge in [0.15, 0.2) is 0 Å². The van der Waals surface area contributed by atoms with Crippen LogP contribution in [0.1, 0.15) is 12.0 Å². The molecule has 1 aromatic carbocycles. The molecule has 1 aromatic rings. The van der Waals surface area contributed by atoms with Crippen molar-refractivity contribution in [2.24, 2.45) is 5.11 Å². The zero-order valence-electron chi connectivity index (χ0n) is 9.51. The van der Waals surface area contributed by atoms with Crippen LogP contribution < -0.4 is 4.90 Å². The summed E-state index contributed by atoms with van der Waals surface area (Å²) >= 11 is 0. The molecule has 4 nitrogen and oxygen atoms in total. The average molecular weight is 214 g/mol. The van der Waals surface area contributed by atoms with Gasteiger partial charge >= 0.3 is 0 Å². The lowest BCUT2D eigenvalue weighted by molar-refractivity contribution is 1.01. The lowest BCUT2D eigenvalue weighted by atomic mass is 10.2. The van der Waals surface area contributed by atoms with Crippen molar-refractivity contribution < 1.29 is 0 Å². The maximum absolute atomic E-state index is 8.08. The summed E-state index contributed by atoms with van der Waals surface area (Å²) in [6.45, 7) is 0.427. The van der Waals surface area contributed by atoms with Crippen LogP contribution in [-0.4, -0.2) is 20.6 Å². The lowest BCUT2D eigenvalue weighted by Crippen LogP contribution is -2.08. The molecule has 82 valence electrons. The van der Waals surface area contributed by atoms with Gasteiger partial charge in [0.2, 0.25) is 0 Å². The van der Waals surface area contributed by atoms with Gasteiger partial charge in [0, 0.05) is 43.2 Å². The van der Waals surface area contributed by atoms with Crippen LogP contribution in [0.5, 0.6) is 0 Å². The van der Waals surface area contributed by atoms with Crippen molar-refractivity contribution in [3.63, 3.8) is 0 Å². The zero-order valence-corrected chi connectivity index (χ0v) is 9.51. The maximum Gasteiger partial charge on any atom is 0.0373 e. The van der Waals surface area contributed by atoms with E-state index in [0.29, 0.717) is 13.0 Å². The van der Waals surface area contributed by atoms with Crippen LogP contribution >= 0.6 is 0 Å². The van der Waals surface area contributed by atoms with E-state index in [4.69, 9.17) is 5.53 Å². The second-order valence-electron chi connectivity index (χ2n) is 3.45. The van der Waals surface area contributed by atoms with E-state index >= 15 is 0 Å². The van der Waals surface area contributed by atoms with Crippen LogP contribution in [0, 0.1) is 11.8 Å². The van der Waals surface area contributed by atoms with E-state index < -0.39 is 0 Å². The molecule has 0 saturated carbocycles. The average Bonchev–Trinajstić information content (AvgIpc) is 2.29. The highest BCUT2D eigenvalue weighted by Gasteiger charge is 1.94. The van der Waals surface area contributed by atoms with E-state index in [-0.39, 0.29) is 0 Å². The van der Waals surface area contributed by atoms with Crippen LogP contribution in [0.4, 0.5) is 5.69 Å². The molecule has 0 saturated heterocycles. The van der Waals surface area contributed by atoms with Crippen molar-refractivity contribution in [2.75, 3.05) is 25.5 Å². The molecule has 0 radical (unpaired) electrons. The second-order valence-corrected chi connectivity index (χ2v) is 3.45. The lowest BCUT2D eigenvalue weighted by Gasteiger charge is -2.11. The molecule has 0 aliphatic carbocycles. The highest BCUT2D eigenvalue weighted by Crippen LogP contribution is 2.12. The molecule has 0 heterocycles. The predicted molar refractivity (Wildman–Crippen MR) is 66.3 cm³/mol. The van der Waals surface area contributed by atoms with Crippen LogP contribution in [-0.2, 0) is 0 Å². The van der Waals surface area contributed by atoms with E-state index in [1.807, 2.05) is 43.3 Å². The molecule has 0 aromatic heterocycles. The summed E-state index contributed by atoms with van der Waals surface area (Å²) in [5.74, 6) is 6.01. The van der Waals surface area contributed by atoms with E-state index in [2.05, 4.69) is 21.9 Å². The smallest absolute Gasteiger partial charge is 0.0373 e. The largest absolute Gasteiger partial charge is 0.378 e. The summed E-state index contributed by atoms with van der Waals surface area (Å²) in [5.41, 5.74) is 10.2. The molecule has 0 N–H and O–H groups in total. The molecular weight excluding hydrogens is 200 g/mol. The summed E-state index contributed by atoms with van der Waals surface area (Å²) in [6.07, 6.45) is 0.594. The number of hydrogen-bond acceptors (Lipinski definition) is 2. The van der Waals surface area contributed by atoms with Gasteiger partial charge < -0.3 is 4.90 Å². The quantitative estimate of drug-likeness (QED) is 0.251. The minimum absolute atomic E-state index is 0.427. The number of azide groups is 1. The van der Waals surface area contributed by atoms with Gasteiger partial charge in [0.05, 0.1) is 0 Å². The monoisotopic (exact) mass is 214 g/mol. The van der Waals surface area contributed by atoms with E-state index in [1.165, 1.54) is 0 Å². The Kier molecular flexibility index (Phi) is 4.78. The summed E-state index contributed by atoms with van der Waals surface area (Å²) in [5, 5.41) is 3.42. The number of benzene rings is 1. The Hall–Kier alpha value is -2.11. The Morgan fingerprint density at radius 1 is 1.44 bits per heavy atom. The van der Waals surface area contributed by atoms with E-state index in [0.717, 1.165) is 11.3 Å². The molecule has 0 atom stereocenters. The first kappa shape index (κ1) is 12.0. The Balaban J connectivity index is 2.66. The van der Waals surface area contributed by atoms with E-state index in [1.54, 1.807) is 0 Å². The van der Waals surface area contributed by atoms with Gasteiger partial charge in [-0.05, 0) is 23.7 Å². The minimum atomic E-state index is 0.427. The van der Waals surface area contributed by atoms with Crippen molar-refractivity contribution in [3.05, 3.63) is 40.3 Å². The maximum atomic E-state index is 8.08. The molecule has 16 heavy (non-hydrogen) atoms. The van der Waals surface area contributed by atoms with Crippen molar-refractivity contribution in [1.29, 1.82) is 0 Å². The van der Waals surface area contributed by atoms with Gasteiger partial charge in [0.25, 0.3) is 0 Å². The zero-order chi connectivity index (χ0) is 11.8. The topological polar surface area (TPSA) is 52.0 Å². The summed E-state index contributed by atoms with van der Waals surface area (Å²) in [4.78, 5) is 4.70. The van der Waals surface area contributed by atoms with Crippen LogP contribution in [0.3, 0.4) is 0 Å². The van der Waals surface area contributed by atoms with Gasteiger partial charge in [-0.3, -0.25) is 0 Å². The fraction of sp³-hybridized carbons (Fsp3) is 0.333. The van der Waals surface area contributed by atoms with Crippen molar-refractivity contribution >= 4 is 5.69 Å². The number of anilines is 1. The van der Waals surface area contributed by atoms with Crippen molar-refractivity contribution in [1.82, 2.24) is 0 Å². The first-order valence-corrected chi connectivity index (χ1v) is 5.01. The van der Waals surface area contributed by atoms with Crippen molar-refractivity contribution in [2.45, 2.75) is 6.42 Å². The first-order chi connectivity index (χ1) is 7.74. The molecule has 0 unspecified atom stereocenters. The number of hydrogen-bond donors (Lipinski definition) is 0. The first-order valence-electron chi connectivity index (χ1n) is 5.01. The Bertz CT molecular complexity index is 448. The second kappa shape index (κ2) is 6.39. The standard InChI is InChI=1S/C12H14N4/c1-16(2)12-8-5-7-11(10-12)6-3-4-9-14-15-13/h5,7-8,10H,4,9H2,1-2H3. The summed E-state index contributed by atoms with van der Waals surface area (Å²) in [7, 11) is 3.99. The Morgan fingerprint density at radius 2 is 2.25 bits per heavy atom. The fourth-order valence-corrected chi connectivity index (χ4v) is 1.18. The van der Waals surface area contributed by atoms with Crippen molar-refractivity contribution in [3.8, 4) is 11.8 Å². The molecule has 0 amide bonds. The molecule has 1 rings (SSSR count). The van der Waals surface area contributed by atoms with Gasteiger partial charge in [-0.15, -0.1) is 0 Å². The molecule has 0 aliphatic rings. The van der Waals surface area contributed by atoms with E-state index in [9.17, 15) is 0 Å². The van der Waals surface area contributed by atoms with Gasteiger partial charge in [0.1, 0.15) is 0 Å².